The molecule has 0 aliphatic heterocycles. The number of ether oxygens (including phenoxy) is 4. The van der Waals surface area contributed by atoms with Crippen molar-refractivity contribution in [1.82, 2.24) is 14.6 Å². The van der Waals surface area contributed by atoms with Crippen molar-refractivity contribution in [2.75, 3.05) is 27.9 Å². The summed E-state index contributed by atoms with van der Waals surface area (Å²) in [4.78, 5) is 17.7. The number of carbonyl (C=O) groups is 1. The van der Waals surface area contributed by atoms with Crippen LogP contribution in [0.4, 0.5) is 0 Å². The van der Waals surface area contributed by atoms with Crippen LogP contribution in [0.15, 0.2) is 30.5 Å². The van der Waals surface area contributed by atoms with E-state index in [-0.39, 0.29) is 6.61 Å². The number of carbonyl (C=O) groups excluding carboxylic acids is 1. The van der Waals surface area contributed by atoms with Crippen molar-refractivity contribution in [3.8, 4) is 17.2 Å². The van der Waals surface area contributed by atoms with Gasteiger partial charge < -0.3 is 18.9 Å². The fourth-order valence-electron chi connectivity index (χ4n) is 3.44. The molecule has 8 heteroatoms. The van der Waals surface area contributed by atoms with E-state index in [1.807, 2.05) is 12.1 Å². The van der Waals surface area contributed by atoms with Crippen molar-refractivity contribution in [1.29, 1.82) is 0 Å². The summed E-state index contributed by atoms with van der Waals surface area (Å²) in [6, 6.07) is 7.28. The van der Waals surface area contributed by atoms with Gasteiger partial charge >= 0.3 is 5.97 Å². The van der Waals surface area contributed by atoms with Gasteiger partial charge in [-0.3, -0.25) is 0 Å². The van der Waals surface area contributed by atoms with Crippen LogP contribution in [0.1, 0.15) is 43.6 Å². The Morgan fingerprint density at radius 2 is 1.78 bits per heavy atom. The maximum Gasteiger partial charge on any atom is 0.340 e. The van der Waals surface area contributed by atoms with Gasteiger partial charge in [0.2, 0.25) is 5.75 Å². The molecule has 32 heavy (non-hydrogen) atoms. The Labute approximate surface area is 187 Å². The number of benzene rings is 1. The summed E-state index contributed by atoms with van der Waals surface area (Å²) in [7, 11) is 4.64. The number of hydrogen-bond donors (Lipinski definition) is 0. The zero-order valence-corrected chi connectivity index (χ0v) is 19.2. The average molecular weight is 440 g/mol. The number of hydrogen-bond acceptors (Lipinski definition) is 7. The normalized spacial score (nSPS) is 11.5. The number of unbranched alkanes of at least 4 members (excludes halogenated alkanes) is 1. The van der Waals surface area contributed by atoms with Crippen molar-refractivity contribution < 1.29 is 23.7 Å². The van der Waals surface area contributed by atoms with Gasteiger partial charge in [0, 0.05) is 11.8 Å². The van der Waals surface area contributed by atoms with Gasteiger partial charge in [-0.05, 0) is 49.6 Å². The molecule has 0 aliphatic carbocycles. The number of esters is 1. The van der Waals surface area contributed by atoms with Crippen LogP contribution in [-0.4, -0.2) is 48.5 Å². The predicted molar refractivity (Wildman–Crippen MR) is 122 cm³/mol. The number of methoxy groups -OCH3 is 3. The lowest BCUT2D eigenvalue weighted by atomic mass is 10.0. The third-order valence-electron chi connectivity index (χ3n) is 4.97. The monoisotopic (exact) mass is 439 g/mol. The maximum atomic E-state index is 13.0. The molecule has 170 valence electrons. The molecule has 0 aliphatic rings. The average Bonchev–Trinajstić information content (AvgIpc) is 3.28. The minimum Gasteiger partial charge on any atom is -0.493 e. The van der Waals surface area contributed by atoms with E-state index in [0.29, 0.717) is 39.7 Å². The van der Waals surface area contributed by atoms with E-state index >= 15 is 0 Å². The Hall–Kier alpha value is -3.55. The minimum absolute atomic E-state index is 0.251. The fourth-order valence-corrected chi connectivity index (χ4v) is 3.44. The van der Waals surface area contributed by atoms with Gasteiger partial charge in [0.15, 0.2) is 17.1 Å². The molecular weight excluding hydrogens is 410 g/mol. The van der Waals surface area contributed by atoms with Crippen LogP contribution >= 0.6 is 0 Å². The molecule has 0 atom stereocenters. The van der Waals surface area contributed by atoms with E-state index < -0.39 is 5.97 Å². The molecule has 1 aromatic carbocycles. The molecular formula is C24H29N3O5. The Kier molecular flexibility index (Phi) is 7.70. The smallest absolute Gasteiger partial charge is 0.340 e. The summed E-state index contributed by atoms with van der Waals surface area (Å²) in [6.07, 6.45) is 6.27. The molecule has 8 nitrogen and oxygen atoms in total. The van der Waals surface area contributed by atoms with Crippen LogP contribution in [-0.2, 0) is 16.0 Å². The first kappa shape index (κ1) is 23.1. The van der Waals surface area contributed by atoms with Crippen LogP contribution in [0.5, 0.6) is 17.2 Å². The highest BCUT2D eigenvalue weighted by molar-refractivity contribution is 6.21. The van der Waals surface area contributed by atoms with Crippen molar-refractivity contribution in [2.45, 2.75) is 33.1 Å². The Morgan fingerprint density at radius 3 is 2.38 bits per heavy atom. The highest BCUT2D eigenvalue weighted by atomic mass is 16.5. The van der Waals surface area contributed by atoms with Crippen LogP contribution < -0.4 is 14.2 Å². The molecule has 0 saturated carbocycles. The molecule has 0 radical (unpaired) electrons. The molecule has 0 bridgehead atoms. The van der Waals surface area contributed by atoms with Crippen molar-refractivity contribution in [3.63, 3.8) is 0 Å². The molecule has 0 unspecified atom stereocenters. The van der Waals surface area contributed by atoms with Gasteiger partial charge in [-0.25, -0.2) is 14.3 Å². The standard InChI is InChI=1S/C24H29N3O5/c1-6-8-9-17-15-19(27-22(26-17)10-11-25-27)18(24(28)32-7-2)12-16-13-20(29-3)23(31-5)21(14-16)30-4/h10-15H,6-9H2,1-5H3. The van der Waals surface area contributed by atoms with Crippen molar-refractivity contribution >= 4 is 23.3 Å². The summed E-state index contributed by atoms with van der Waals surface area (Å²) < 4.78 is 23.3. The first-order valence-electron chi connectivity index (χ1n) is 10.6. The SMILES string of the molecule is CCCCc1cc(C(=Cc2cc(OC)c(OC)c(OC)c2)C(=O)OCC)n2nccc2n1. The molecule has 0 saturated heterocycles. The molecule has 0 amide bonds. The van der Waals surface area contributed by atoms with Crippen LogP contribution in [0.25, 0.3) is 17.3 Å². The highest BCUT2D eigenvalue weighted by Gasteiger charge is 2.20. The van der Waals surface area contributed by atoms with Crippen molar-refractivity contribution in [3.05, 3.63) is 47.4 Å². The topological polar surface area (TPSA) is 84.2 Å². The Bertz CT molecular complexity index is 1100. The van der Waals surface area contributed by atoms with Crippen molar-refractivity contribution in [2.24, 2.45) is 0 Å². The first-order chi connectivity index (χ1) is 15.6. The summed E-state index contributed by atoms with van der Waals surface area (Å²) in [5.74, 6) is 1.00. The van der Waals surface area contributed by atoms with Gasteiger partial charge in [-0.15, -0.1) is 0 Å². The first-order valence-corrected chi connectivity index (χ1v) is 10.6. The minimum atomic E-state index is -0.453. The molecule has 0 spiro atoms. The molecule has 3 aromatic rings. The second-order valence-electron chi connectivity index (χ2n) is 7.07. The van der Waals surface area contributed by atoms with E-state index in [1.54, 1.807) is 57.2 Å². The molecule has 0 fully saturated rings. The number of aryl methyl sites for hydroxylation is 1. The summed E-state index contributed by atoms with van der Waals surface area (Å²) in [6.45, 7) is 4.16. The number of aromatic nitrogens is 3. The van der Waals surface area contributed by atoms with Gasteiger partial charge in [-0.1, -0.05) is 13.3 Å². The van der Waals surface area contributed by atoms with Gasteiger partial charge in [0.05, 0.1) is 45.4 Å². The number of fused-ring (bicyclic) bond motifs is 1. The lowest BCUT2D eigenvalue weighted by Crippen LogP contribution is -2.12. The summed E-state index contributed by atoms with van der Waals surface area (Å²) in [5, 5.41) is 4.38. The van der Waals surface area contributed by atoms with Gasteiger partial charge in [0.1, 0.15) is 0 Å². The summed E-state index contributed by atoms with van der Waals surface area (Å²) >= 11 is 0. The molecule has 3 rings (SSSR count). The fraction of sp³-hybridized carbons (Fsp3) is 0.375. The Morgan fingerprint density at radius 1 is 1.06 bits per heavy atom. The third kappa shape index (κ3) is 4.85. The lowest BCUT2D eigenvalue weighted by Gasteiger charge is -2.14. The predicted octanol–water partition coefficient (Wildman–Crippen LogP) is 4.20. The number of rotatable bonds is 10. The maximum absolute atomic E-state index is 13.0. The van der Waals surface area contributed by atoms with Gasteiger partial charge in [0.25, 0.3) is 0 Å². The summed E-state index contributed by atoms with van der Waals surface area (Å²) in [5.41, 5.74) is 3.23. The van der Waals surface area contributed by atoms with E-state index in [1.165, 1.54) is 0 Å². The number of nitrogens with zero attached hydrogens (tertiary/aromatic N) is 3. The van der Waals surface area contributed by atoms with Gasteiger partial charge in [-0.2, -0.15) is 5.10 Å². The van der Waals surface area contributed by atoms with Crippen LogP contribution in [0.2, 0.25) is 0 Å². The van der Waals surface area contributed by atoms with E-state index in [2.05, 4.69) is 17.0 Å². The lowest BCUT2D eigenvalue weighted by molar-refractivity contribution is -0.136. The van der Waals surface area contributed by atoms with E-state index in [4.69, 9.17) is 18.9 Å². The molecule has 2 aromatic heterocycles. The van der Waals surface area contributed by atoms with Crippen LogP contribution in [0, 0.1) is 0 Å². The largest absolute Gasteiger partial charge is 0.493 e. The molecule has 0 N–H and O–H groups in total. The zero-order chi connectivity index (χ0) is 23.1. The second-order valence-corrected chi connectivity index (χ2v) is 7.07. The zero-order valence-electron chi connectivity index (χ0n) is 19.2. The highest BCUT2D eigenvalue weighted by Crippen LogP contribution is 2.39. The van der Waals surface area contributed by atoms with E-state index in [0.717, 1.165) is 25.0 Å². The Balaban J connectivity index is 2.22. The molecule has 2 heterocycles. The van der Waals surface area contributed by atoms with Crippen LogP contribution in [0.3, 0.4) is 0 Å². The second kappa shape index (κ2) is 10.7. The quantitative estimate of drug-likeness (QED) is 0.346. The van der Waals surface area contributed by atoms with E-state index in [9.17, 15) is 4.79 Å². The third-order valence-corrected chi connectivity index (χ3v) is 4.97.